The van der Waals surface area contributed by atoms with Gasteiger partial charge >= 0.3 is 5.97 Å². The number of esters is 1. The van der Waals surface area contributed by atoms with Gasteiger partial charge < -0.3 is 9.64 Å². The van der Waals surface area contributed by atoms with Crippen LogP contribution in [-0.2, 0) is 14.3 Å². The highest BCUT2D eigenvalue weighted by molar-refractivity contribution is 7.98. The summed E-state index contributed by atoms with van der Waals surface area (Å²) in [6.45, 7) is 3.53. The molecule has 0 aliphatic carbocycles. The summed E-state index contributed by atoms with van der Waals surface area (Å²) in [6.07, 6.45) is 4.29. The van der Waals surface area contributed by atoms with Crippen LogP contribution in [0.2, 0.25) is 0 Å². The molecule has 0 N–H and O–H groups in total. The number of thioether (sulfide) groups is 1. The lowest BCUT2D eigenvalue weighted by atomic mass is 9.98. The van der Waals surface area contributed by atoms with Gasteiger partial charge in [0.05, 0.1) is 12.5 Å². The minimum atomic E-state index is -0.158. The van der Waals surface area contributed by atoms with Crippen LogP contribution in [0.1, 0.15) is 26.2 Å². The molecule has 1 aliphatic heterocycles. The molecule has 17 heavy (non-hydrogen) atoms. The number of piperidine rings is 1. The highest BCUT2D eigenvalue weighted by Gasteiger charge is 2.28. The van der Waals surface area contributed by atoms with E-state index in [0.29, 0.717) is 19.6 Å². The Morgan fingerprint density at radius 3 is 2.88 bits per heavy atom. The normalized spacial score (nSPS) is 20.1. The van der Waals surface area contributed by atoms with Crippen molar-refractivity contribution in [2.45, 2.75) is 26.2 Å². The maximum absolute atomic E-state index is 11.8. The molecule has 0 unspecified atom stereocenters. The zero-order valence-corrected chi connectivity index (χ0v) is 11.4. The number of nitrogens with zero attached hydrogens (tertiary/aromatic N) is 1. The molecule has 1 aliphatic rings. The Morgan fingerprint density at radius 1 is 1.47 bits per heavy atom. The topological polar surface area (TPSA) is 46.6 Å². The first-order chi connectivity index (χ1) is 8.19. The van der Waals surface area contributed by atoms with E-state index >= 15 is 0 Å². The predicted molar refractivity (Wildman–Crippen MR) is 68.9 cm³/mol. The summed E-state index contributed by atoms with van der Waals surface area (Å²) < 4.78 is 5.01. The summed E-state index contributed by atoms with van der Waals surface area (Å²) in [5.41, 5.74) is 0. The monoisotopic (exact) mass is 259 g/mol. The van der Waals surface area contributed by atoms with Gasteiger partial charge in [-0.1, -0.05) is 0 Å². The van der Waals surface area contributed by atoms with Crippen molar-refractivity contribution in [3.05, 3.63) is 0 Å². The van der Waals surface area contributed by atoms with Crippen LogP contribution in [0.25, 0.3) is 0 Å². The van der Waals surface area contributed by atoms with Gasteiger partial charge in [0.1, 0.15) is 0 Å². The Hall–Kier alpha value is -0.710. The summed E-state index contributed by atoms with van der Waals surface area (Å²) in [4.78, 5) is 25.3. The largest absolute Gasteiger partial charge is 0.466 e. The van der Waals surface area contributed by atoms with Crippen LogP contribution in [0.5, 0.6) is 0 Å². The van der Waals surface area contributed by atoms with Crippen molar-refractivity contribution in [3.8, 4) is 0 Å². The molecule has 98 valence electrons. The Balaban J connectivity index is 2.42. The minimum Gasteiger partial charge on any atom is -0.466 e. The van der Waals surface area contributed by atoms with Crippen molar-refractivity contribution in [1.29, 1.82) is 0 Å². The van der Waals surface area contributed by atoms with E-state index in [0.717, 1.165) is 25.1 Å². The van der Waals surface area contributed by atoms with Crippen molar-refractivity contribution in [1.82, 2.24) is 4.90 Å². The number of hydrogen-bond acceptors (Lipinski definition) is 4. The molecular weight excluding hydrogens is 238 g/mol. The van der Waals surface area contributed by atoms with E-state index in [4.69, 9.17) is 4.74 Å². The summed E-state index contributed by atoms with van der Waals surface area (Å²) in [6, 6.07) is 0. The van der Waals surface area contributed by atoms with Gasteiger partial charge in [0.25, 0.3) is 0 Å². The van der Waals surface area contributed by atoms with Gasteiger partial charge in [0.15, 0.2) is 0 Å². The summed E-state index contributed by atoms with van der Waals surface area (Å²) in [5.74, 6) is 0.726. The van der Waals surface area contributed by atoms with Gasteiger partial charge in [-0.2, -0.15) is 11.8 Å². The summed E-state index contributed by atoms with van der Waals surface area (Å²) in [7, 11) is 0. The van der Waals surface area contributed by atoms with E-state index < -0.39 is 0 Å². The Morgan fingerprint density at radius 2 is 2.24 bits per heavy atom. The van der Waals surface area contributed by atoms with Crippen molar-refractivity contribution >= 4 is 23.6 Å². The molecule has 0 aromatic carbocycles. The fourth-order valence-electron chi connectivity index (χ4n) is 2.00. The van der Waals surface area contributed by atoms with Crippen LogP contribution in [0.3, 0.4) is 0 Å². The molecule has 0 aromatic heterocycles. The van der Waals surface area contributed by atoms with E-state index in [1.165, 1.54) is 0 Å². The molecule has 0 aromatic rings. The van der Waals surface area contributed by atoms with Crippen molar-refractivity contribution in [3.63, 3.8) is 0 Å². The lowest BCUT2D eigenvalue weighted by molar-refractivity contribution is -0.151. The lowest BCUT2D eigenvalue weighted by Gasteiger charge is -2.31. The molecule has 1 rings (SSSR count). The minimum absolute atomic E-state index is 0.123. The van der Waals surface area contributed by atoms with Gasteiger partial charge in [-0.15, -0.1) is 0 Å². The molecule has 1 fully saturated rings. The number of carbonyl (C=O) groups excluding carboxylic acids is 2. The number of rotatable bonds is 5. The van der Waals surface area contributed by atoms with Crippen molar-refractivity contribution < 1.29 is 14.3 Å². The molecule has 1 amide bonds. The average Bonchev–Trinajstić information content (AvgIpc) is 2.36. The van der Waals surface area contributed by atoms with E-state index in [9.17, 15) is 9.59 Å². The van der Waals surface area contributed by atoms with E-state index in [-0.39, 0.29) is 17.8 Å². The smallest absolute Gasteiger partial charge is 0.310 e. The van der Waals surface area contributed by atoms with Crippen LogP contribution in [0.4, 0.5) is 0 Å². The van der Waals surface area contributed by atoms with Crippen molar-refractivity contribution in [2.24, 2.45) is 5.92 Å². The van der Waals surface area contributed by atoms with Gasteiger partial charge in [0.2, 0.25) is 5.91 Å². The molecule has 4 nitrogen and oxygen atoms in total. The molecule has 1 heterocycles. The summed E-state index contributed by atoms with van der Waals surface area (Å²) in [5, 5.41) is 0. The van der Waals surface area contributed by atoms with Crippen LogP contribution in [-0.4, -0.2) is 48.5 Å². The molecule has 0 spiro atoms. The molecular formula is C12H21NO3S. The van der Waals surface area contributed by atoms with Crippen LogP contribution >= 0.6 is 11.8 Å². The SMILES string of the molecule is CCOC(=O)[C@H]1CCCN(C(=O)CCSC)C1. The quantitative estimate of drug-likeness (QED) is 0.703. The second kappa shape index (κ2) is 7.58. The Labute approximate surface area is 107 Å². The zero-order chi connectivity index (χ0) is 12.7. The fourth-order valence-corrected chi connectivity index (χ4v) is 2.38. The third-order valence-corrected chi connectivity index (χ3v) is 3.53. The number of ether oxygens (including phenoxy) is 1. The van der Waals surface area contributed by atoms with Crippen LogP contribution in [0, 0.1) is 5.92 Å². The van der Waals surface area contributed by atoms with Crippen LogP contribution < -0.4 is 0 Å². The number of amides is 1. The maximum Gasteiger partial charge on any atom is 0.310 e. The first kappa shape index (κ1) is 14.4. The van der Waals surface area contributed by atoms with Gasteiger partial charge in [-0.25, -0.2) is 0 Å². The number of likely N-dealkylation sites (tertiary alicyclic amines) is 1. The highest BCUT2D eigenvalue weighted by atomic mass is 32.2. The predicted octanol–water partition coefficient (Wildman–Crippen LogP) is 1.54. The number of carbonyl (C=O) groups is 2. The first-order valence-corrected chi connectivity index (χ1v) is 7.51. The van der Waals surface area contributed by atoms with Gasteiger partial charge in [-0.3, -0.25) is 9.59 Å². The molecule has 0 radical (unpaired) electrons. The second-order valence-electron chi connectivity index (χ2n) is 4.17. The van der Waals surface area contributed by atoms with Crippen molar-refractivity contribution in [2.75, 3.05) is 31.7 Å². The summed E-state index contributed by atoms with van der Waals surface area (Å²) >= 11 is 1.67. The average molecular weight is 259 g/mol. The Bertz CT molecular complexity index is 270. The Kier molecular flexibility index (Phi) is 6.40. The molecule has 0 saturated carbocycles. The van der Waals surface area contributed by atoms with E-state index in [2.05, 4.69) is 0 Å². The number of hydrogen-bond donors (Lipinski definition) is 0. The van der Waals surface area contributed by atoms with Gasteiger partial charge in [-0.05, 0) is 26.0 Å². The lowest BCUT2D eigenvalue weighted by Crippen LogP contribution is -2.42. The fraction of sp³-hybridized carbons (Fsp3) is 0.833. The van der Waals surface area contributed by atoms with E-state index in [1.807, 2.05) is 13.2 Å². The first-order valence-electron chi connectivity index (χ1n) is 6.12. The third-order valence-electron chi connectivity index (χ3n) is 2.91. The molecule has 5 heteroatoms. The molecule has 1 saturated heterocycles. The molecule has 1 atom stereocenters. The van der Waals surface area contributed by atoms with Crippen LogP contribution in [0.15, 0.2) is 0 Å². The third kappa shape index (κ3) is 4.58. The standard InChI is InChI=1S/C12H21NO3S/c1-3-16-12(15)10-5-4-7-13(9-10)11(14)6-8-17-2/h10H,3-9H2,1-2H3/t10-/m0/s1. The molecule has 0 bridgehead atoms. The highest BCUT2D eigenvalue weighted by Crippen LogP contribution is 2.18. The van der Waals surface area contributed by atoms with Gasteiger partial charge in [0, 0.05) is 25.3 Å². The zero-order valence-electron chi connectivity index (χ0n) is 10.6. The second-order valence-corrected chi connectivity index (χ2v) is 5.16. The maximum atomic E-state index is 11.8. The van der Waals surface area contributed by atoms with E-state index in [1.54, 1.807) is 16.7 Å².